The zero-order valence-corrected chi connectivity index (χ0v) is 11.0. The molecule has 20 heavy (non-hydrogen) atoms. The Morgan fingerprint density at radius 2 is 2.45 bits per heavy atom. The van der Waals surface area contributed by atoms with Gasteiger partial charge in [0.25, 0.3) is 0 Å². The van der Waals surface area contributed by atoms with Crippen LogP contribution in [0.2, 0.25) is 0 Å². The summed E-state index contributed by atoms with van der Waals surface area (Å²) in [5.74, 6) is 0.377. The number of benzene rings is 1. The summed E-state index contributed by atoms with van der Waals surface area (Å²) in [5.41, 5.74) is 1.40. The first-order valence-corrected chi connectivity index (χ1v) is 6.76. The lowest BCUT2D eigenvalue weighted by Gasteiger charge is -2.09. The van der Waals surface area contributed by atoms with Crippen molar-refractivity contribution >= 4 is 16.9 Å². The smallest absolute Gasteiger partial charge is 0.249 e. The summed E-state index contributed by atoms with van der Waals surface area (Å²) in [6.07, 6.45) is 2.00. The lowest BCUT2D eigenvalue weighted by Crippen LogP contribution is -2.35. The van der Waals surface area contributed by atoms with Crippen molar-refractivity contribution in [1.29, 1.82) is 0 Å². The minimum absolute atomic E-state index is 0.0651. The molecule has 2 aromatic rings. The highest BCUT2D eigenvalue weighted by atomic mass is 19.1. The standard InChI is InChI=1S/C14H16FN3O2/c15-9-3-4-10-11(8-9)18-13(17-10)5-6-16-14(19)12-2-1-7-20-12/h3-4,8,12H,1-2,5-7H2,(H,16,19)(H,17,18). The second kappa shape index (κ2) is 5.58. The molecule has 5 nitrogen and oxygen atoms in total. The van der Waals surface area contributed by atoms with Gasteiger partial charge in [-0.1, -0.05) is 0 Å². The number of amides is 1. The summed E-state index contributed by atoms with van der Waals surface area (Å²) < 4.78 is 18.4. The van der Waals surface area contributed by atoms with E-state index in [0.29, 0.717) is 25.1 Å². The van der Waals surface area contributed by atoms with Crippen molar-refractivity contribution in [2.24, 2.45) is 0 Å². The van der Waals surface area contributed by atoms with Gasteiger partial charge in [0.1, 0.15) is 17.7 Å². The normalized spacial score (nSPS) is 18.6. The number of aromatic nitrogens is 2. The number of carbonyl (C=O) groups is 1. The van der Waals surface area contributed by atoms with E-state index >= 15 is 0 Å². The van der Waals surface area contributed by atoms with Crippen molar-refractivity contribution in [2.45, 2.75) is 25.4 Å². The summed E-state index contributed by atoms with van der Waals surface area (Å²) in [7, 11) is 0. The molecule has 0 aliphatic carbocycles. The third kappa shape index (κ3) is 2.80. The van der Waals surface area contributed by atoms with Gasteiger partial charge in [0, 0.05) is 19.6 Å². The Morgan fingerprint density at radius 3 is 3.25 bits per heavy atom. The van der Waals surface area contributed by atoms with Crippen LogP contribution in [0.3, 0.4) is 0 Å². The number of nitrogens with one attached hydrogen (secondary N) is 2. The fourth-order valence-electron chi connectivity index (χ4n) is 2.36. The first kappa shape index (κ1) is 13.1. The number of H-pyrrole nitrogens is 1. The Balaban J connectivity index is 1.55. The number of imidazole rings is 1. The molecule has 1 saturated heterocycles. The Bertz CT molecular complexity index is 620. The van der Waals surface area contributed by atoms with Crippen LogP contribution in [-0.2, 0) is 16.0 Å². The summed E-state index contributed by atoms with van der Waals surface area (Å²) in [6, 6.07) is 4.43. The van der Waals surface area contributed by atoms with Crippen molar-refractivity contribution in [1.82, 2.24) is 15.3 Å². The van der Waals surface area contributed by atoms with Gasteiger partial charge in [0.05, 0.1) is 11.0 Å². The maximum Gasteiger partial charge on any atom is 0.249 e. The van der Waals surface area contributed by atoms with Gasteiger partial charge in [-0.25, -0.2) is 9.37 Å². The predicted octanol–water partition coefficient (Wildman–Crippen LogP) is 1.54. The van der Waals surface area contributed by atoms with Crippen LogP contribution in [0.25, 0.3) is 11.0 Å². The van der Waals surface area contributed by atoms with E-state index in [1.54, 1.807) is 6.07 Å². The Labute approximate surface area is 115 Å². The Hall–Kier alpha value is -1.95. The second-order valence-electron chi connectivity index (χ2n) is 4.89. The van der Waals surface area contributed by atoms with Gasteiger partial charge in [0.15, 0.2) is 0 Å². The number of fused-ring (bicyclic) bond motifs is 1. The van der Waals surface area contributed by atoms with E-state index in [1.165, 1.54) is 12.1 Å². The zero-order valence-electron chi connectivity index (χ0n) is 11.0. The monoisotopic (exact) mass is 277 g/mol. The van der Waals surface area contributed by atoms with Gasteiger partial charge in [0.2, 0.25) is 5.91 Å². The van der Waals surface area contributed by atoms with Crippen LogP contribution in [0.15, 0.2) is 18.2 Å². The lowest BCUT2D eigenvalue weighted by atomic mass is 10.2. The van der Waals surface area contributed by atoms with Gasteiger partial charge in [-0.05, 0) is 31.0 Å². The van der Waals surface area contributed by atoms with E-state index in [9.17, 15) is 9.18 Å². The first-order chi connectivity index (χ1) is 9.72. The van der Waals surface area contributed by atoms with Crippen molar-refractivity contribution in [3.63, 3.8) is 0 Å². The van der Waals surface area contributed by atoms with Gasteiger partial charge >= 0.3 is 0 Å². The summed E-state index contributed by atoms with van der Waals surface area (Å²) >= 11 is 0. The van der Waals surface area contributed by atoms with Crippen molar-refractivity contribution < 1.29 is 13.9 Å². The average Bonchev–Trinajstić information content (AvgIpc) is 3.06. The van der Waals surface area contributed by atoms with E-state index in [2.05, 4.69) is 15.3 Å². The highest BCUT2D eigenvalue weighted by Crippen LogP contribution is 2.13. The van der Waals surface area contributed by atoms with Crippen LogP contribution in [0.5, 0.6) is 0 Å². The molecule has 0 saturated carbocycles. The quantitative estimate of drug-likeness (QED) is 0.890. The van der Waals surface area contributed by atoms with E-state index in [4.69, 9.17) is 4.74 Å². The van der Waals surface area contributed by atoms with Crippen LogP contribution in [0.4, 0.5) is 4.39 Å². The molecule has 1 aliphatic rings. The van der Waals surface area contributed by atoms with Gasteiger partial charge < -0.3 is 15.0 Å². The van der Waals surface area contributed by atoms with E-state index < -0.39 is 0 Å². The number of aromatic amines is 1. The minimum Gasteiger partial charge on any atom is -0.368 e. The molecular formula is C14H16FN3O2. The Morgan fingerprint density at radius 1 is 1.55 bits per heavy atom. The van der Waals surface area contributed by atoms with Crippen LogP contribution in [0.1, 0.15) is 18.7 Å². The molecule has 2 heterocycles. The van der Waals surface area contributed by atoms with Crippen molar-refractivity contribution in [3.05, 3.63) is 29.8 Å². The highest BCUT2D eigenvalue weighted by molar-refractivity contribution is 5.81. The number of rotatable bonds is 4. The SMILES string of the molecule is O=C(NCCc1nc2ccc(F)cc2[nH]1)C1CCCO1. The fraction of sp³-hybridized carbons (Fsp3) is 0.429. The first-order valence-electron chi connectivity index (χ1n) is 6.76. The Kier molecular flexibility index (Phi) is 3.64. The van der Waals surface area contributed by atoms with Gasteiger partial charge in [-0.2, -0.15) is 0 Å². The molecule has 1 amide bonds. The summed E-state index contributed by atoms with van der Waals surface area (Å²) in [5, 5.41) is 2.83. The van der Waals surface area contributed by atoms with E-state index in [-0.39, 0.29) is 17.8 Å². The predicted molar refractivity (Wildman–Crippen MR) is 71.7 cm³/mol. The fourth-order valence-corrected chi connectivity index (χ4v) is 2.36. The van der Waals surface area contributed by atoms with Crippen LogP contribution < -0.4 is 5.32 Å². The molecule has 0 radical (unpaired) electrons. The number of hydrogen-bond acceptors (Lipinski definition) is 3. The molecular weight excluding hydrogens is 261 g/mol. The van der Waals surface area contributed by atoms with Crippen LogP contribution in [-0.4, -0.2) is 35.1 Å². The highest BCUT2D eigenvalue weighted by Gasteiger charge is 2.22. The second-order valence-corrected chi connectivity index (χ2v) is 4.89. The zero-order chi connectivity index (χ0) is 13.9. The van der Waals surface area contributed by atoms with E-state index in [0.717, 1.165) is 24.2 Å². The molecule has 1 aromatic carbocycles. The third-order valence-electron chi connectivity index (χ3n) is 3.38. The number of halogens is 1. The lowest BCUT2D eigenvalue weighted by molar-refractivity contribution is -0.129. The molecule has 1 aliphatic heterocycles. The van der Waals surface area contributed by atoms with E-state index in [1.807, 2.05) is 0 Å². The van der Waals surface area contributed by atoms with Gasteiger partial charge in [-0.3, -0.25) is 4.79 Å². The van der Waals surface area contributed by atoms with Crippen LogP contribution >= 0.6 is 0 Å². The van der Waals surface area contributed by atoms with Crippen molar-refractivity contribution in [2.75, 3.05) is 13.2 Å². The molecule has 1 atom stereocenters. The van der Waals surface area contributed by atoms with Crippen LogP contribution in [0, 0.1) is 5.82 Å². The number of ether oxygens (including phenoxy) is 1. The molecule has 1 aromatic heterocycles. The molecule has 1 unspecified atom stereocenters. The summed E-state index contributed by atoms with van der Waals surface area (Å²) in [4.78, 5) is 19.1. The number of carbonyl (C=O) groups excluding carboxylic acids is 1. The third-order valence-corrected chi connectivity index (χ3v) is 3.38. The maximum atomic E-state index is 13.1. The topological polar surface area (TPSA) is 67.0 Å². The summed E-state index contributed by atoms with van der Waals surface area (Å²) in [6.45, 7) is 1.15. The molecule has 2 N–H and O–H groups in total. The minimum atomic E-state index is -0.306. The maximum absolute atomic E-state index is 13.1. The number of nitrogens with zero attached hydrogens (tertiary/aromatic N) is 1. The number of hydrogen-bond donors (Lipinski definition) is 2. The largest absolute Gasteiger partial charge is 0.368 e. The molecule has 6 heteroatoms. The molecule has 1 fully saturated rings. The van der Waals surface area contributed by atoms with Gasteiger partial charge in [-0.15, -0.1) is 0 Å². The molecule has 106 valence electrons. The van der Waals surface area contributed by atoms with Crippen molar-refractivity contribution in [3.8, 4) is 0 Å². The molecule has 0 bridgehead atoms. The average molecular weight is 277 g/mol. The molecule has 3 rings (SSSR count). The molecule has 0 spiro atoms.